The minimum absolute atomic E-state index is 0. The summed E-state index contributed by atoms with van der Waals surface area (Å²) in [6, 6.07) is 39.7. The van der Waals surface area contributed by atoms with E-state index in [9.17, 15) is 0 Å². The van der Waals surface area contributed by atoms with Gasteiger partial charge in [-0.25, -0.2) is 0 Å². The van der Waals surface area contributed by atoms with Gasteiger partial charge in [-0.2, -0.15) is 0 Å². The number of quaternary nitrogens is 1. The zero-order chi connectivity index (χ0) is 20.6. The summed E-state index contributed by atoms with van der Waals surface area (Å²) in [5.74, 6) is 0. The van der Waals surface area contributed by atoms with E-state index in [2.05, 4.69) is 114 Å². The maximum atomic E-state index is 2.54. The zero-order valence-electron chi connectivity index (χ0n) is 17.8. The third kappa shape index (κ3) is 3.62. The summed E-state index contributed by atoms with van der Waals surface area (Å²) in [7, 11) is 0. The van der Waals surface area contributed by atoms with Crippen LogP contribution >= 0.6 is 0 Å². The molecule has 6 rings (SSSR count). The number of nitrogens with one attached hydrogen (secondary N) is 1. The summed E-state index contributed by atoms with van der Waals surface area (Å²) in [4.78, 5) is 4.05. The fourth-order valence-corrected chi connectivity index (χ4v) is 5.05. The molecule has 0 aliphatic carbocycles. The van der Waals surface area contributed by atoms with Crippen LogP contribution in [0.15, 0.2) is 109 Å². The van der Waals surface area contributed by atoms with E-state index in [1.807, 2.05) is 0 Å². The SMILES string of the molecule is [Cl-].c1ccc2c(c1)N(Cc1cccc3ccccc13)C[NH+]2Cc1cccc2ccccc12. The summed E-state index contributed by atoms with van der Waals surface area (Å²) in [5.41, 5.74) is 5.55. The van der Waals surface area contributed by atoms with Gasteiger partial charge in [-0.3, -0.25) is 4.90 Å². The van der Waals surface area contributed by atoms with Gasteiger partial charge in [-0.15, -0.1) is 0 Å². The highest BCUT2D eigenvalue weighted by Gasteiger charge is 2.31. The fourth-order valence-electron chi connectivity index (χ4n) is 5.05. The van der Waals surface area contributed by atoms with Crippen molar-refractivity contribution in [1.29, 1.82) is 0 Å². The molecule has 1 N–H and O–H groups in total. The first-order chi connectivity index (χ1) is 15.4. The molecule has 0 saturated carbocycles. The van der Waals surface area contributed by atoms with E-state index < -0.39 is 0 Å². The number of benzene rings is 5. The average Bonchev–Trinajstić information content (AvgIpc) is 3.17. The van der Waals surface area contributed by atoms with Crippen LogP contribution in [-0.4, -0.2) is 6.67 Å². The molecule has 0 bridgehead atoms. The molecule has 0 saturated heterocycles. The van der Waals surface area contributed by atoms with Gasteiger partial charge in [0.1, 0.15) is 12.2 Å². The van der Waals surface area contributed by atoms with E-state index in [1.165, 1.54) is 48.9 Å². The Bertz CT molecular complexity index is 1280. The van der Waals surface area contributed by atoms with Crippen molar-refractivity contribution in [3.63, 3.8) is 0 Å². The molecule has 0 spiro atoms. The van der Waals surface area contributed by atoms with Crippen LogP contribution in [0.4, 0.5) is 11.4 Å². The maximum Gasteiger partial charge on any atom is 0.158 e. The van der Waals surface area contributed by atoms with Crippen LogP contribution < -0.4 is 22.2 Å². The first-order valence-corrected chi connectivity index (χ1v) is 11.0. The Kier molecular flexibility index (Phi) is 5.57. The second-order valence-electron chi connectivity index (χ2n) is 8.43. The maximum absolute atomic E-state index is 2.54. The predicted octanol–water partition coefficient (Wildman–Crippen LogP) is 2.69. The van der Waals surface area contributed by atoms with Crippen LogP contribution in [0.5, 0.6) is 0 Å². The van der Waals surface area contributed by atoms with Gasteiger partial charge in [0.05, 0.1) is 0 Å². The second kappa shape index (κ2) is 8.66. The fraction of sp³-hybridized carbons (Fsp3) is 0.103. The van der Waals surface area contributed by atoms with Crippen LogP contribution in [0.25, 0.3) is 21.5 Å². The molecule has 1 heterocycles. The van der Waals surface area contributed by atoms with E-state index >= 15 is 0 Å². The topological polar surface area (TPSA) is 7.68 Å². The highest BCUT2D eigenvalue weighted by atomic mass is 35.5. The molecule has 0 amide bonds. The Hall–Kier alpha value is -3.33. The van der Waals surface area contributed by atoms with Crippen molar-refractivity contribution >= 4 is 32.9 Å². The van der Waals surface area contributed by atoms with E-state index in [0.717, 1.165) is 19.8 Å². The van der Waals surface area contributed by atoms with Crippen molar-refractivity contribution < 1.29 is 17.3 Å². The number of fused-ring (bicyclic) bond motifs is 3. The Morgan fingerprint density at radius 1 is 0.594 bits per heavy atom. The Morgan fingerprint density at radius 3 is 1.91 bits per heavy atom. The molecular formula is C29H25ClN2. The molecule has 1 unspecified atom stereocenters. The molecule has 0 radical (unpaired) electrons. The first kappa shape index (κ1) is 20.6. The quantitative estimate of drug-likeness (QED) is 0.455. The van der Waals surface area contributed by atoms with Crippen LogP contribution in [0.2, 0.25) is 0 Å². The molecule has 5 aromatic carbocycles. The molecule has 158 valence electrons. The van der Waals surface area contributed by atoms with Gasteiger partial charge >= 0.3 is 0 Å². The standard InChI is InChI=1S/C29H24N2.ClH/c1-3-15-26-22(9-1)11-7-13-24(26)19-30-21-31(29-18-6-5-17-28(29)30)20-25-14-8-12-23-10-2-4-16-27(23)25;/h1-18H,19-21H2;1H. The third-order valence-electron chi connectivity index (χ3n) is 6.53. The van der Waals surface area contributed by atoms with E-state index in [4.69, 9.17) is 0 Å². The number of nitrogens with zero attached hydrogens (tertiary/aromatic N) is 1. The lowest BCUT2D eigenvalue weighted by molar-refractivity contribution is -0.840. The smallest absolute Gasteiger partial charge is 0.158 e. The lowest BCUT2D eigenvalue weighted by Gasteiger charge is -2.19. The monoisotopic (exact) mass is 436 g/mol. The summed E-state index contributed by atoms with van der Waals surface area (Å²) in [5, 5.41) is 5.35. The molecule has 0 aromatic heterocycles. The van der Waals surface area contributed by atoms with Crippen LogP contribution in [0.3, 0.4) is 0 Å². The van der Waals surface area contributed by atoms with Crippen molar-refractivity contribution in [2.24, 2.45) is 0 Å². The van der Waals surface area contributed by atoms with Crippen LogP contribution in [-0.2, 0) is 13.1 Å². The summed E-state index contributed by atoms with van der Waals surface area (Å²) in [6.45, 7) is 2.90. The van der Waals surface area contributed by atoms with E-state index in [-0.39, 0.29) is 12.4 Å². The van der Waals surface area contributed by atoms with Crippen molar-refractivity contribution in [3.05, 3.63) is 120 Å². The number of para-hydroxylation sites is 2. The van der Waals surface area contributed by atoms with Gasteiger partial charge in [-0.1, -0.05) is 97.1 Å². The minimum atomic E-state index is 0. The lowest BCUT2D eigenvalue weighted by atomic mass is 10.0. The molecule has 0 fully saturated rings. The lowest BCUT2D eigenvalue weighted by Crippen LogP contribution is -3.05. The largest absolute Gasteiger partial charge is 1.00 e. The second-order valence-corrected chi connectivity index (χ2v) is 8.43. The van der Waals surface area contributed by atoms with Crippen molar-refractivity contribution in [2.45, 2.75) is 13.1 Å². The van der Waals surface area contributed by atoms with Gasteiger partial charge < -0.3 is 17.3 Å². The number of rotatable bonds is 4. The van der Waals surface area contributed by atoms with Crippen molar-refractivity contribution in [2.75, 3.05) is 11.6 Å². The number of halogens is 1. The molecule has 2 nitrogen and oxygen atoms in total. The molecule has 5 aromatic rings. The minimum Gasteiger partial charge on any atom is -1.00 e. The average molecular weight is 437 g/mol. The van der Waals surface area contributed by atoms with Gasteiger partial charge in [0.15, 0.2) is 12.4 Å². The molecule has 1 atom stereocenters. The molecule has 1 aliphatic heterocycles. The third-order valence-corrected chi connectivity index (χ3v) is 6.53. The summed E-state index contributed by atoms with van der Waals surface area (Å²) in [6.07, 6.45) is 0. The number of hydrogen-bond donors (Lipinski definition) is 1. The van der Waals surface area contributed by atoms with Crippen LogP contribution in [0, 0.1) is 0 Å². The zero-order valence-corrected chi connectivity index (χ0v) is 18.6. The Balaban J connectivity index is 0.00000216. The molecule has 32 heavy (non-hydrogen) atoms. The van der Waals surface area contributed by atoms with Crippen molar-refractivity contribution in [1.82, 2.24) is 0 Å². The number of hydrogen-bond acceptors (Lipinski definition) is 1. The summed E-state index contributed by atoms with van der Waals surface area (Å²) >= 11 is 0. The van der Waals surface area contributed by atoms with Crippen LogP contribution in [0.1, 0.15) is 11.1 Å². The first-order valence-electron chi connectivity index (χ1n) is 11.0. The van der Waals surface area contributed by atoms with Crippen molar-refractivity contribution in [3.8, 4) is 0 Å². The highest BCUT2D eigenvalue weighted by molar-refractivity contribution is 5.86. The Morgan fingerprint density at radius 2 is 1.16 bits per heavy atom. The van der Waals surface area contributed by atoms with E-state index in [0.29, 0.717) is 0 Å². The Labute approximate surface area is 195 Å². The normalized spacial score (nSPS) is 15.0. The molecule has 3 heteroatoms. The van der Waals surface area contributed by atoms with Gasteiger partial charge in [0, 0.05) is 18.2 Å². The van der Waals surface area contributed by atoms with E-state index in [1.54, 1.807) is 0 Å². The van der Waals surface area contributed by atoms with Gasteiger partial charge in [-0.05, 0) is 33.2 Å². The molecule has 1 aliphatic rings. The predicted molar refractivity (Wildman–Crippen MR) is 130 cm³/mol. The molecular weight excluding hydrogens is 412 g/mol. The van der Waals surface area contributed by atoms with Gasteiger partial charge in [0.2, 0.25) is 0 Å². The summed E-state index contributed by atoms with van der Waals surface area (Å²) < 4.78 is 0. The highest BCUT2D eigenvalue weighted by Crippen LogP contribution is 2.30. The number of anilines is 1. The van der Waals surface area contributed by atoms with Gasteiger partial charge in [0.25, 0.3) is 0 Å².